The minimum atomic E-state index is -2.58. The van der Waals surface area contributed by atoms with Crippen LogP contribution in [0.2, 0.25) is 0 Å². The number of esters is 2. The van der Waals surface area contributed by atoms with Crippen LogP contribution in [0.5, 0.6) is 0 Å². The van der Waals surface area contributed by atoms with Gasteiger partial charge in [0.25, 0.3) is 0 Å². The molecule has 6 N–H and O–H groups in total. The number of nitrogens with two attached hydrogens (primary N) is 1. The smallest absolute Gasteiger partial charge is 0.351 e. The van der Waals surface area contributed by atoms with Crippen molar-refractivity contribution in [2.45, 2.75) is 154 Å². The summed E-state index contributed by atoms with van der Waals surface area (Å²) in [7, 11) is -2.58. The van der Waals surface area contributed by atoms with E-state index in [0.717, 1.165) is 23.8 Å². The van der Waals surface area contributed by atoms with Gasteiger partial charge in [-0.05, 0) is 58.4 Å². The summed E-state index contributed by atoms with van der Waals surface area (Å²) in [6.07, 6.45) is 0.291. The quantitative estimate of drug-likeness (QED) is 0.0420. The van der Waals surface area contributed by atoms with Crippen molar-refractivity contribution < 1.29 is 75.8 Å². The topological polar surface area (TPSA) is 285 Å². The van der Waals surface area contributed by atoms with Crippen molar-refractivity contribution >= 4 is 55.7 Å². The highest BCUT2D eigenvalue weighted by atomic mass is 32.2. The monoisotopic (exact) mass is 981 g/mol. The number of carbonyl (C=O) groups is 5. The minimum absolute atomic E-state index is 0.0230. The number of nitrogens with one attached hydrogen (secondary N) is 2. The molecule has 4 unspecified atom stereocenters. The Balaban J connectivity index is 1.34. The zero-order valence-electron chi connectivity index (χ0n) is 38.7. The number of thioether (sulfide) groups is 1. The van der Waals surface area contributed by atoms with Crippen molar-refractivity contribution in [3.05, 3.63) is 22.7 Å². The number of aliphatic hydroxyl groups is 1. The van der Waals surface area contributed by atoms with Crippen LogP contribution in [0, 0.1) is 5.41 Å². The first kappa shape index (κ1) is 56.9. The fraction of sp³-hybridized carbons (Fsp3) is 0.786. The summed E-state index contributed by atoms with van der Waals surface area (Å²) in [5.41, 5.74) is 3.83. The zero-order valence-corrected chi connectivity index (χ0v) is 40.5. The van der Waals surface area contributed by atoms with Crippen LogP contribution in [0.3, 0.4) is 0 Å². The molecule has 9 atom stereocenters. The Labute approximate surface area is 390 Å². The third-order valence-corrected chi connectivity index (χ3v) is 12.6. The fourth-order valence-electron chi connectivity index (χ4n) is 6.44. The van der Waals surface area contributed by atoms with Gasteiger partial charge in [-0.2, -0.15) is 16.7 Å². The molecule has 3 heterocycles. The van der Waals surface area contributed by atoms with Gasteiger partial charge in [-0.3, -0.25) is 28.3 Å². The maximum Gasteiger partial charge on any atom is 0.351 e. The van der Waals surface area contributed by atoms with Gasteiger partial charge in [0.05, 0.1) is 43.5 Å². The van der Waals surface area contributed by atoms with Crippen LogP contribution in [-0.2, 0) is 61.4 Å². The second-order valence-corrected chi connectivity index (χ2v) is 19.4. The molecule has 0 aliphatic carbocycles. The molecule has 2 aliphatic heterocycles. The van der Waals surface area contributed by atoms with Gasteiger partial charge in [0.15, 0.2) is 19.1 Å². The van der Waals surface area contributed by atoms with Gasteiger partial charge in [0, 0.05) is 55.5 Å². The Morgan fingerprint density at radius 2 is 1.82 bits per heavy atom. The molecule has 66 heavy (non-hydrogen) atoms. The number of ketones is 1. The largest absolute Gasteiger partial charge is 0.454 e. The number of aliphatic hydroxyl groups excluding tert-OH is 1. The lowest BCUT2D eigenvalue weighted by Gasteiger charge is -2.30. The van der Waals surface area contributed by atoms with Gasteiger partial charge in [0.2, 0.25) is 18.6 Å². The van der Waals surface area contributed by atoms with Gasteiger partial charge in [-0.1, -0.05) is 27.7 Å². The van der Waals surface area contributed by atoms with Gasteiger partial charge < -0.3 is 59.3 Å². The lowest BCUT2D eigenvalue weighted by molar-refractivity contribution is -0.163. The standard InChI is InChI=1S/C42H69FN5O16PS/c1-7-42(6,16-11-32(49)41(3,4)5)60-20-14-27(2)57-19-15-34(50)46-31(25-66-24-28-9-8-10-36(52)63-28)38(54)45-17-12-35(51)58-23-37(53)59-26-62-65(56)61-22-29-21-30(43)39(64-29)48-18-13-33(44)47-40(48)55/h13,18,27-31,36,39,52,56H,7-12,14-17,19-26H2,1-6H3,(H,45,54)(H,46,50)(H2,44,47,55)/t27?,28?,29-,30-,31+,36-,39+,42?,65?/m0/s1. The molecule has 2 aliphatic rings. The molecule has 21 nitrogen and oxygen atoms in total. The summed E-state index contributed by atoms with van der Waals surface area (Å²) < 4.78 is 58.3. The third kappa shape index (κ3) is 21.7. The first-order valence-electron chi connectivity index (χ1n) is 22.2. The summed E-state index contributed by atoms with van der Waals surface area (Å²) in [5, 5.41) is 15.2. The zero-order chi connectivity index (χ0) is 48.9. The Hall–Kier alpha value is -3.38. The van der Waals surface area contributed by atoms with Gasteiger partial charge in [-0.25, -0.2) is 14.0 Å². The van der Waals surface area contributed by atoms with Crippen molar-refractivity contribution in [2.75, 3.05) is 57.0 Å². The van der Waals surface area contributed by atoms with E-state index in [9.17, 15) is 43.2 Å². The Kier molecular flexibility index (Phi) is 24.9. The molecule has 0 aromatic carbocycles. The summed E-state index contributed by atoms with van der Waals surface area (Å²) in [6.45, 7) is 10.1. The van der Waals surface area contributed by atoms with E-state index >= 15 is 0 Å². The Morgan fingerprint density at radius 3 is 2.52 bits per heavy atom. The van der Waals surface area contributed by atoms with Crippen molar-refractivity contribution in [1.82, 2.24) is 20.2 Å². The number of hydrogen-bond acceptors (Lipinski definition) is 19. The SMILES string of the molecule is CCC(C)(CCC(=O)C(C)(C)C)OCCC(C)OCCC(=O)N[C@H](CSCC1CCC[C@@H](O)O1)C(=O)NCCC(=O)OCC(=O)OCOP(O)OC[C@@H]1C[C@H](F)[C@H](n2ccc(N)nc2=O)O1. The first-order valence-corrected chi connectivity index (χ1v) is 24.4. The number of amides is 2. The van der Waals surface area contributed by atoms with Crippen LogP contribution in [-0.4, -0.2) is 143 Å². The predicted octanol–water partition coefficient (Wildman–Crippen LogP) is 3.13. The molecule has 0 saturated carbocycles. The molecular weight excluding hydrogens is 913 g/mol. The van der Waals surface area contributed by atoms with E-state index in [1.54, 1.807) is 0 Å². The number of halogens is 1. The highest BCUT2D eigenvalue weighted by molar-refractivity contribution is 7.99. The lowest BCUT2D eigenvalue weighted by Crippen LogP contribution is -2.49. The van der Waals surface area contributed by atoms with Gasteiger partial charge in [0.1, 0.15) is 23.8 Å². The normalized spacial score (nSPS) is 22.1. The molecule has 2 amide bonds. The van der Waals surface area contributed by atoms with Crippen LogP contribution in [0.15, 0.2) is 17.1 Å². The number of rotatable bonds is 30. The van der Waals surface area contributed by atoms with E-state index in [1.165, 1.54) is 24.0 Å². The maximum absolute atomic E-state index is 14.5. The van der Waals surface area contributed by atoms with Crippen LogP contribution < -0.4 is 22.1 Å². The average Bonchev–Trinajstić information content (AvgIpc) is 3.62. The number of carbonyl (C=O) groups excluding carboxylic acids is 5. The van der Waals surface area contributed by atoms with Gasteiger partial charge >= 0.3 is 26.2 Å². The number of Topliss-reactive ketones (excluding diaryl/α,β-unsaturated/α-hetero) is 1. The Bertz CT molecular complexity index is 1760. The van der Waals surface area contributed by atoms with Gasteiger partial charge in [-0.15, -0.1) is 0 Å². The second kappa shape index (κ2) is 28.8. The van der Waals surface area contributed by atoms with E-state index < -0.39 is 93.3 Å². The van der Waals surface area contributed by atoms with E-state index in [1.807, 2.05) is 41.5 Å². The number of nitrogen functional groups attached to an aromatic ring is 1. The van der Waals surface area contributed by atoms with Crippen LogP contribution in [0.1, 0.15) is 112 Å². The molecule has 0 spiro atoms. The fourth-order valence-corrected chi connectivity index (χ4v) is 8.06. The van der Waals surface area contributed by atoms with E-state index in [-0.39, 0.29) is 68.6 Å². The first-order chi connectivity index (χ1) is 31.2. The van der Waals surface area contributed by atoms with Crippen molar-refractivity contribution in [1.29, 1.82) is 0 Å². The van der Waals surface area contributed by atoms with Crippen LogP contribution >= 0.6 is 20.4 Å². The summed E-state index contributed by atoms with van der Waals surface area (Å²) in [6, 6.07) is 0.340. The van der Waals surface area contributed by atoms with E-state index in [0.29, 0.717) is 38.0 Å². The van der Waals surface area contributed by atoms with E-state index in [2.05, 4.69) is 15.6 Å². The summed E-state index contributed by atoms with van der Waals surface area (Å²) >= 11 is 1.37. The number of ether oxygens (including phenoxy) is 6. The molecule has 1 aromatic rings. The number of hydrogen-bond donors (Lipinski definition) is 5. The van der Waals surface area contributed by atoms with Crippen LogP contribution in [0.25, 0.3) is 0 Å². The van der Waals surface area contributed by atoms with Crippen molar-refractivity contribution in [3.63, 3.8) is 0 Å². The molecular formula is C42H69FN5O16PS. The van der Waals surface area contributed by atoms with Crippen molar-refractivity contribution in [2.24, 2.45) is 5.41 Å². The number of aromatic nitrogens is 2. The number of alkyl halides is 1. The molecule has 3 rings (SSSR count). The molecule has 2 fully saturated rings. The summed E-state index contributed by atoms with van der Waals surface area (Å²) in [5.74, 6) is -2.01. The van der Waals surface area contributed by atoms with Crippen LogP contribution in [0.4, 0.5) is 10.2 Å². The second-order valence-electron chi connectivity index (χ2n) is 17.3. The molecule has 24 heteroatoms. The summed E-state index contributed by atoms with van der Waals surface area (Å²) in [4.78, 5) is 88.6. The maximum atomic E-state index is 14.5. The Morgan fingerprint density at radius 1 is 1.06 bits per heavy atom. The molecule has 0 radical (unpaired) electrons. The van der Waals surface area contributed by atoms with E-state index in [4.69, 9.17) is 43.2 Å². The predicted molar refractivity (Wildman–Crippen MR) is 239 cm³/mol. The lowest BCUT2D eigenvalue weighted by atomic mass is 9.85. The highest BCUT2D eigenvalue weighted by Crippen LogP contribution is 2.36. The molecule has 376 valence electrons. The molecule has 1 aromatic heterocycles. The number of nitrogens with zero attached hydrogens (tertiary/aromatic N) is 2. The third-order valence-electron chi connectivity index (χ3n) is 10.7. The van der Waals surface area contributed by atoms with Crippen molar-refractivity contribution in [3.8, 4) is 0 Å². The average molecular weight is 982 g/mol. The minimum Gasteiger partial charge on any atom is -0.454 e. The number of anilines is 1. The molecule has 0 bridgehead atoms. The highest BCUT2D eigenvalue weighted by Gasteiger charge is 2.38. The molecule has 2 saturated heterocycles.